The van der Waals surface area contributed by atoms with Crippen molar-refractivity contribution in [2.45, 2.75) is 6.54 Å². The van der Waals surface area contributed by atoms with E-state index in [9.17, 15) is 4.79 Å². The van der Waals surface area contributed by atoms with Gasteiger partial charge in [-0.25, -0.2) is 0 Å². The Kier molecular flexibility index (Phi) is 4.38. The molecule has 0 fully saturated rings. The molecule has 0 unspecified atom stereocenters. The maximum atomic E-state index is 13.0. The molecule has 0 radical (unpaired) electrons. The summed E-state index contributed by atoms with van der Waals surface area (Å²) in [6.45, 7) is 0.470. The van der Waals surface area contributed by atoms with Crippen LogP contribution < -0.4 is 16.0 Å². The van der Waals surface area contributed by atoms with Crippen LogP contribution in [-0.2, 0) is 6.54 Å². The highest BCUT2D eigenvalue weighted by molar-refractivity contribution is 5.95. The van der Waals surface area contributed by atoms with Crippen LogP contribution in [0.15, 0.2) is 83.7 Å². The molecule has 27 heavy (non-hydrogen) atoms. The van der Waals surface area contributed by atoms with Crippen LogP contribution in [0.2, 0.25) is 0 Å². The van der Waals surface area contributed by atoms with Crippen molar-refractivity contribution in [3.63, 3.8) is 0 Å². The van der Waals surface area contributed by atoms with E-state index in [-0.39, 0.29) is 5.56 Å². The minimum Gasteiger partial charge on any atom is -0.497 e. The molecule has 2 N–H and O–H groups in total. The molecule has 4 heteroatoms. The third-order valence-corrected chi connectivity index (χ3v) is 4.72. The number of rotatable bonds is 4. The van der Waals surface area contributed by atoms with Gasteiger partial charge in [0.2, 0.25) is 0 Å². The first-order valence-corrected chi connectivity index (χ1v) is 8.77. The van der Waals surface area contributed by atoms with E-state index >= 15 is 0 Å². The van der Waals surface area contributed by atoms with Gasteiger partial charge < -0.3 is 15.0 Å². The maximum Gasteiger partial charge on any atom is 0.251 e. The molecule has 1 aromatic heterocycles. The van der Waals surface area contributed by atoms with Crippen molar-refractivity contribution in [2.75, 3.05) is 12.8 Å². The number of methoxy groups -OCH3 is 1. The Morgan fingerprint density at radius 3 is 2.37 bits per heavy atom. The summed E-state index contributed by atoms with van der Waals surface area (Å²) in [5, 5.41) is 1.01. The molecule has 0 spiro atoms. The maximum absolute atomic E-state index is 13.0. The molecule has 4 rings (SSSR count). The minimum atomic E-state index is -0.0496. The van der Waals surface area contributed by atoms with Gasteiger partial charge in [-0.3, -0.25) is 4.79 Å². The molecular formula is C23H20N2O2. The standard InChI is InChI=1S/C23H20N2O2/c1-27-19-11-12-20-21(17-5-3-2-4-6-17)14-23(26)25(22(20)13-19)15-16-7-9-18(24)10-8-16/h2-14H,15,24H2,1H3. The number of ether oxygens (including phenoxy) is 1. The number of fused-ring (bicyclic) bond motifs is 1. The predicted molar refractivity (Wildman–Crippen MR) is 110 cm³/mol. The van der Waals surface area contributed by atoms with E-state index < -0.39 is 0 Å². The van der Waals surface area contributed by atoms with Gasteiger partial charge in [0.05, 0.1) is 19.2 Å². The van der Waals surface area contributed by atoms with Crippen molar-refractivity contribution in [1.82, 2.24) is 4.57 Å². The molecule has 4 nitrogen and oxygen atoms in total. The van der Waals surface area contributed by atoms with Crippen molar-refractivity contribution in [2.24, 2.45) is 0 Å². The van der Waals surface area contributed by atoms with E-state index in [0.717, 1.165) is 33.3 Å². The lowest BCUT2D eigenvalue weighted by Gasteiger charge is -2.15. The zero-order valence-corrected chi connectivity index (χ0v) is 15.1. The summed E-state index contributed by atoms with van der Waals surface area (Å²) < 4.78 is 7.17. The second-order valence-electron chi connectivity index (χ2n) is 6.47. The van der Waals surface area contributed by atoms with Gasteiger partial charge >= 0.3 is 0 Å². The fourth-order valence-corrected chi connectivity index (χ4v) is 3.31. The number of nitrogen functional groups attached to an aromatic ring is 1. The van der Waals surface area contributed by atoms with E-state index in [4.69, 9.17) is 10.5 Å². The van der Waals surface area contributed by atoms with Gasteiger partial charge in [0.15, 0.2) is 0 Å². The van der Waals surface area contributed by atoms with Crippen molar-refractivity contribution < 1.29 is 4.74 Å². The Morgan fingerprint density at radius 2 is 1.67 bits per heavy atom. The Labute approximate surface area is 157 Å². The van der Waals surface area contributed by atoms with E-state index in [0.29, 0.717) is 12.2 Å². The van der Waals surface area contributed by atoms with Crippen LogP contribution in [0.5, 0.6) is 5.75 Å². The topological polar surface area (TPSA) is 57.2 Å². The molecule has 4 aromatic rings. The fourth-order valence-electron chi connectivity index (χ4n) is 3.31. The summed E-state index contributed by atoms with van der Waals surface area (Å²) in [4.78, 5) is 13.0. The summed E-state index contributed by atoms with van der Waals surface area (Å²) in [6.07, 6.45) is 0. The van der Waals surface area contributed by atoms with Gasteiger partial charge in [-0.1, -0.05) is 42.5 Å². The first kappa shape index (κ1) is 16.9. The average molecular weight is 356 g/mol. The van der Waals surface area contributed by atoms with E-state index in [1.54, 1.807) is 17.7 Å². The lowest BCUT2D eigenvalue weighted by atomic mass is 10.0. The highest BCUT2D eigenvalue weighted by Gasteiger charge is 2.12. The number of hydrogen-bond donors (Lipinski definition) is 1. The van der Waals surface area contributed by atoms with Crippen molar-refractivity contribution in [3.05, 3.63) is 94.8 Å². The molecule has 134 valence electrons. The third kappa shape index (κ3) is 3.29. The van der Waals surface area contributed by atoms with Crippen molar-refractivity contribution in [3.8, 4) is 16.9 Å². The molecular weight excluding hydrogens is 336 g/mol. The van der Waals surface area contributed by atoms with Crippen molar-refractivity contribution in [1.29, 1.82) is 0 Å². The molecule has 0 aliphatic carbocycles. The quantitative estimate of drug-likeness (QED) is 0.555. The first-order valence-electron chi connectivity index (χ1n) is 8.77. The lowest BCUT2D eigenvalue weighted by Crippen LogP contribution is -2.21. The highest BCUT2D eigenvalue weighted by atomic mass is 16.5. The summed E-state index contributed by atoms with van der Waals surface area (Å²) in [5.41, 5.74) is 10.2. The second-order valence-corrected chi connectivity index (χ2v) is 6.47. The number of anilines is 1. The summed E-state index contributed by atoms with van der Waals surface area (Å²) in [7, 11) is 1.63. The minimum absolute atomic E-state index is 0.0496. The second kappa shape index (κ2) is 7.00. The van der Waals surface area contributed by atoms with Gasteiger partial charge in [-0.2, -0.15) is 0 Å². The normalized spacial score (nSPS) is 10.9. The number of pyridine rings is 1. The number of hydrogen-bond acceptors (Lipinski definition) is 3. The van der Waals surface area contributed by atoms with E-state index in [2.05, 4.69) is 0 Å². The molecule has 0 bridgehead atoms. The molecule has 0 aliphatic heterocycles. The number of nitrogens with zero attached hydrogens (tertiary/aromatic N) is 1. The van der Waals surface area contributed by atoms with Crippen LogP contribution in [0, 0.1) is 0 Å². The van der Waals surface area contributed by atoms with Crippen LogP contribution in [0.25, 0.3) is 22.0 Å². The molecule has 3 aromatic carbocycles. The largest absolute Gasteiger partial charge is 0.497 e. The fraction of sp³-hybridized carbons (Fsp3) is 0.0870. The molecule has 0 saturated carbocycles. The molecule has 1 heterocycles. The summed E-state index contributed by atoms with van der Waals surface area (Å²) >= 11 is 0. The Balaban J connectivity index is 1.94. The van der Waals surface area contributed by atoms with Gasteiger partial charge in [0.25, 0.3) is 5.56 Å². The van der Waals surface area contributed by atoms with Crippen LogP contribution in [-0.4, -0.2) is 11.7 Å². The zero-order valence-electron chi connectivity index (χ0n) is 15.1. The van der Waals surface area contributed by atoms with Crippen LogP contribution in [0.1, 0.15) is 5.56 Å². The van der Waals surface area contributed by atoms with E-state index in [1.165, 1.54) is 0 Å². The summed E-state index contributed by atoms with van der Waals surface area (Å²) in [6, 6.07) is 25.1. The summed E-state index contributed by atoms with van der Waals surface area (Å²) in [5.74, 6) is 0.721. The SMILES string of the molecule is COc1ccc2c(-c3ccccc3)cc(=O)n(Cc3ccc(N)cc3)c2c1. The smallest absolute Gasteiger partial charge is 0.251 e. The predicted octanol–water partition coefficient (Wildman–Crippen LogP) is 4.31. The zero-order chi connectivity index (χ0) is 18.8. The van der Waals surface area contributed by atoms with E-state index in [1.807, 2.05) is 72.8 Å². The van der Waals surface area contributed by atoms with Crippen LogP contribution >= 0.6 is 0 Å². The first-order chi connectivity index (χ1) is 13.2. The van der Waals surface area contributed by atoms with Gasteiger partial charge in [0, 0.05) is 23.2 Å². The highest BCUT2D eigenvalue weighted by Crippen LogP contribution is 2.30. The van der Waals surface area contributed by atoms with Gasteiger partial charge in [-0.15, -0.1) is 0 Å². The molecule has 0 atom stereocenters. The van der Waals surface area contributed by atoms with Crippen molar-refractivity contribution >= 4 is 16.6 Å². The number of benzene rings is 3. The Bertz CT molecular complexity index is 1150. The monoisotopic (exact) mass is 356 g/mol. The third-order valence-electron chi connectivity index (χ3n) is 4.72. The number of aromatic nitrogens is 1. The molecule has 0 saturated heterocycles. The Hall–Kier alpha value is -3.53. The average Bonchev–Trinajstić information content (AvgIpc) is 2.71. The number of nitrogens with two attached hydrogens (primary N) is 1. The molecule has 0 amide bonds. The molecule has 0 aliphatic rings. The van der Waals surface area contributed by atoms with Gasteiger partial charge in [-0.05, 0) is 41.0 Å². The van der Waals surface area contributed by atoms with Crippen LogP contribution in [0.3, 0.4) is 0 Å². The Morgan fingerprint density at radius 1 is 0.926 bits per heavy atom. The lowest BCUT2D eigenvalue weighted by molar-refractivity contribution is 0.415. The van der Waals surface area contributed by atoms with Crippen LogP contribution in [0.4, 0.5) is 5.69 Å². The van der Waals surface area contributed by atoms with Gasteiger partial charge in [0.1, 0.15) is 5.75 Å².